The summed E-state index contributed by atoms with van der Waals surface area (Å²) < 4.78 is 5.54. The molecule has 0 bridgehead atoms. The number of aryl methyl sites for hydroxylation is 1. The van der Waals surface area contributed by atoms with Crippen LogP contribution < -0.4 is 5.73 Å². The van der Waals surface area contributed by atoms with Gasteiger partial charge in [-0.1, -0.05) is 12.1 Å². The van der Waals surface area contributed by atoms with Crippen LogP contribution in [0.4, 0.5) is 5.69 Å². The lowest BCUT2D eigenvalue weighted by molar-refractivity contribution is -0.0170. The van der Waals surface area contributed by atoms with Gasteiger partial charge in [-0.15, -0.1) is 11.3 Å². The second-order valence-electron chi connectivity index (χ2n) is 6.07. The molecule has 0 radical (unpaired) electrons. The van der Waals surface area contributed by atoms with Crippen LogP contribution in [0.5, 0.6) is 0 Å². The number of benzene rings is 1. The molecule has 3 rings (SSSR count). The van der Waals surface area contributed by atoms with E-state index in [1.807, 2.05) is 35.4 Å². The number of nitrogens with zero attached hydrogens (tertiary/aromatic N) is 1. The van der Waals surface area contributed by atoms with Gasteiger partial charge in [0.25, 0.3) is 5.91 Å². The zero-order chi connectivity index (χ0) is 17.1. The molecule has 1 aromatic heterocycles. The van der Waals surface area contributed by atoms with E-state index in [1.165, 1.54) is 11.3 Å². The summed E-state index contributed by atoms with van der Waals surface area (Å²) in [5, 5.41) is 12.4. The highest BCUT2D eigenvalue weighted by Crippen LogP contribution is 2.27. The average Bonchev–Trinajstić information content (AvgIpc) is 3.12. The first kappa shape index (κ1) is 17.0. The van der Waals surface area contributed by atoms with E-state index >= 15 is 0 Å². The molecule has 0 saturated carbocycles. The number of rotatable bonds is 4. The molecule has 24 heavy (non-hydrogen) atoms. The number of carbonyl (C=O) groups excluding carboxylic acids is 1. The maximum Gasteiger partial charge on any atom is 0.254 e. The molecule has 3 N–H and O–H groups in total. The molecule has 5 nitrogen and oxygen atoms in total. The molecule has 1 fully saturated rings. The van der Waals surface area contributed by atoms with Gasteiger partial charge in [0.15, 0.2) is 0 Å². The quantitative estimate of drug-likeness (QED) is 0.835. The highest BCUT2D eigenvalue weighted by Gasteiger charge is 2.31. The molecule has 1 aliphatic heterocycles. The second kappa shape index (κ2) is 7.34. The van der Waals surface area contributed by atoms with Crippen molar-refractivity contribution in [2.75, 3.05) is 25.5 Å². The third kappa shape index (κ3) is 3.61. The van der Waals surface area contributed by atoms with Crippen molar-refractivity contribution < 1.29 is 14.6 Å². The molecular weight excluding hydrogens is 324 g/mol. The number of carbonyl (C=O) groups is 1. The largest absolute Gasteiger partial charge is 0.399 e. The van der Waals surface area contributed by atoms with Crippen LogP contribution in [0.2, 0.25) is 0 Å². The Balaban J connectivity index is 1.79. The number of morpholine rings is 1. The molecule has 2 unspecified atom stereocenters. The minimum Gasteiger partial charge on any atom is -0.399 e. The smallest absolute Gasteiger partial charge is 0.254 e. The lowest BCUT2D eigenvalue weighted by Crippen LogP contribution is -2.49. The first-order chi connectivity index (χ1) is 11.6. The molecule has 2 heterocycles. The summed E-state index contributed by atoms with van der Waals surface area (Å²) in [5.74, 6) is -0.0496. The van der Waals surface area contributed by atoms with Crippen LogP contribution in [-0.2, 0) is 4.74 Å². The van der Waals surface area contributed by atoms with Crippen molar-refractivity contribution in [2.45, 2.75) is 25.5 Å². The van der Waals surface area contributed by atoms with Crippen LogP contribution >= 0.6 is 11.3 Å². The van der Waals surface area contributed by atoms with Crippen LogP contribution in [0.15, 0.2) is 35.7 Å². The Morgan fingerprint density at radius 3 is 3.08 bits per heavy atom. The number of nitrogens with two attached hydrogens (primary N) is 1. The first-order valence-electron chi connectivity index (χ1n) is 8.02. The molecule has 1 aromatic carbocycles. The average molecular weight is 346 g/mol. The highest BCUT2D eigenvalue weighted by atomic mass is 32.1. The van der Waals surface area contributed by atoms with Gasteiger partial charge < -0.3 is 20.5 Å². The molecule has 1 amide bonds. The summed E-state index contributed by atoms with van der Waals surface area (Å²) >= 11 is 1.52. The van der Waals surface area contributed by atoms with E-state index in [2.05, 4.69) is 0 Å². The summed E-state index contributed by atoms with van der Waals surface area (Å²) in [6.07, 6.45) is -0.123. The molecular formula is C18H22N2O3S. The Morgan fingerprint density at radius 2 is 2.33 bits per heavy atom. The summed E-state index contributed by atoms with van der Waals surface area (Å²) in [6.45, 7) is 3.38. The van der Waals surface area contributed by atoms with E-state index in [-0.39, 0.29) is 11.9 Å². The second-order valence-corrected chi connectivity index (χ2v) is 7.05. The number of aliphatic hydroxyl groups is 1. The molecule has 2 aromatic rings. The summed E-state index contributed by atoms with van der Waals surface area (Å²) in [4.78, 5) is 15.7. The fourth-order valence-corrected chi connectivity index (χ4v) is 3.72. The fourth-order valence-electron chi connectivity index (χ4n) is 3.00. The first-order valence-corrected chi connectivity index (χ1v) is 8.90. The topological polar surface area (TPSA) is 75.8 Å². The van der Waals surface area contributed by atoms with E-state index in [0.717, 1.165) is 10.4 Å². The van der Waals surface area contributed by atoms with Gasteiger partial charge in [0.05, 0.1) is 25.4 Å². The highest BCUT2D eigenvalue weighted by molar-refractivity contribution is 7.10. The molecule has 0 aliphatic carbocycles. The summed E-state index contributed by atoms with van der Waals surface area (Å²) in [5.41, 5.74) is 7.94. The van der Waals surface area contributed by atoms with Crippen molar-refractivity contribution in [3.63, 3.8) is 0 Å². The molecule has 1 saturated heterocycles. The lowest BCUT2D eigenvalue weighted by atomic mass is 10.0. The van der Waals surface area contributed by atoms with Crippen LogP contribution in [0.3, 0.4) is 0 Å². The zero-order valence-corrected chi connectivity index (χ0v) is 14.5. The van der Waals surface area contributed by atoms with Gasteiger partial charge in [0.1, 0.15) is 0 Å². The van der Waals surface area contributed by atoms with Crippen molar-refractivity contribution in [1.29, 1.82) is 0 Å². The van der Waals surface area contributed by atoms with E-state index < -0.39 is 6.10 Å². The third-order valence-corrected chi connectivity index (χ3v) is 5.32. The van der Waals surface area contributed by atoms with E-state index in [0.29, 0.717) is 37.4 Å². The van der Waals surface area contributed by atoms with Crippen molar-refractivity contribution >= 4 is 22.9 Å². The Hall–Kier alpha value is -1.89. The SMILES string of the molecule is Cc1ccc(N)cc1C(=O)N1CCOCC1CC(O)c1cccs1. The Labute approximate surface area is 145 Å². The van der Waals surface area contributed by atoms with Gasteiger partial charge in [-0.05, 0) is 36.1 Å². The van der Waals surface area contributed by atoms with Crippen molar-refractivity contribution in [1.82, 2.24) is 4.90 Å². The molecule has 128 valence electrons. The number of anilines is 1. The van der Waals surface area contributed by atoms with Gasteiger partial charge >= 0.3 is 0 Å². The minimum absolute atomic E-state index is 0.0496. The summed E-state index contributed by atoms with van der Waals surface area (Å²) in [7, 11) is 0. The number of hydrogen-bond donors (Lipinski definition) is 2. The monoisotopic (exact) mass is 346 g/mol. The normalized spacial score (nSPS) is 19.2. The number of amides is 1. The van der Waals surface area contributed by atoms with Crippen molar-refractivity contribution in [3.8, 4) is 0 Å². The van der Waals surface area contributed by atoms with Crippen molar-refractivity contribution in [3.05, 3.63) is 51.7 Å². The number of aliphatic hydroxyl groups excluding tert-OH is 1. The number of hydrogen-bond acceptors (Lipinski definition) is 5. The lowest BCUT2D eigenvalue weighted by Gasteiger charge is -2.37. The molecule has 1 aliphatic rings. The fraction of sp³-hybridized carbons (Fsp3) is 0.389. The zero-order valence-electron chi connectivity index (χ0n) is 13.6. The molecule has 6 heteroatoms. The van der Waals surface area contributed by atoms with Gasteiger partial charge in [0, 0.05) is 29.1 Å². The maximum absolute atomic E-state index is 13.0. The van der Waals surface area contributed by atoms with E-state index in [1.54, 1.807) is 12.1 Å². The predicted octanol–water partition coefficient (Wildman–Crippen LogP) is 2.60. The van der Waals surface area contributed by atoms with Crippen LogP contribution in [0.1, 0.15) is 33.3 Å². The van der Waals surface area contributed by atoms with E-state index in [4.69, 9.17) is 10.5 Å². The van der Waals surface area contributed by atoms with Crippen LogP contribution in [-0.4, -0.2) is 41.7 Å². The summed E-state index contributed by atoms with van der Waals surface area (Å²) in [6, 6.07) is 9.05. The maximum atomic E-state index is 13.0. The standard InChI is InChI=1S/C18H22N2O3S/c1-12-4-5-13(19)9-15(12)18(22)20-6-7-23-11-14(20)10-16(21)17-3-2-8-24-17/h2-5,8-9,14,16,21H,6-7,10-11,19H2,1H3. The van der Waals surface area contributed by atoms with Gasteiger partial charge in [-0.2, -0.15) is 0 Å². The van der Waals surface area contributed by atoms with Gasteiger partial charge in [-0.25, -0.2) is 0 Å². The van der Waals surface area contributed by atoms with Gasteiger partial charge in [0.2, 0.25) is 0 Å². The predicted molar refractivity (Wildman–Crippen MR) is 95.1 cm³/mol. The Kier molecular flexibility index (Phi) is 5.18. The van der Waals surface area contributed by atoms with Gasteiger partial charge in [-0.3, -0.25) is 4.79 Å². The molecule has 2 atom stereocenters. The Bertz CT molecular complexity index is 702. The third-order valence-electron chi connectivity index (χ3n) is 4.35. The Morgan fingerprint density at radius 1 is 1.50 bits per heavy atom. The minimum atomic E-state index is -0.589. The van der Waals surface area contributed by atoms with Crippen LogP contribution in [0.25, 0.3) is 0 Å². The van der Waals surface area contributed by atoms with E-state index in [9.17, 15) is 9.90 Å². The number of nitrogen functional groups attached to an aromatic ring is 1. The van der Waals surface area contributed by atoms with Crippen molar-refractivity contribution in [2.24, 2.45) is 0 Å². The molecule has 0 spiro atoms. The number of thiophene rings is 1. The van der Waals surface area contributed by atoms with Crippen LogP contribution in [0, 0.1) is 6.92 Å². The number of ether oxygens (including phenoxy) is 1.